The first kappa shape index (κ1) is 30.5. The zero-order chi connectivity index (χ0) is 30.7. The van der Waals surface area contributed by atoms with Crippen LogP contribution in [0.15, 0.2) is 41.3 Å². The third-order valence-corrected chi connectivity index (χ3v) is 9.48. The van der Waals surface area contributed by atoms with Gasteiger partial charge in [-0.3, -0.25) is 14.4 Å². The molecule has 9 nitrogen and oxygen atoms in total. The second-order valence-electron chi connectivity index (χ2n) is 12.3. The van der Waals surface area contributed by atoms with Crippen LogP contribution in [0.3, 0.4) is 0 Å². The smallest absolute Gasteiger partial charge is 0.253 e. The average Bonchev–Trinajstić information content (AvgIpc) is 3.49. The Morgan fingerprint density at radius 2 is 1.79 bits per heavy atom. The van der Waals surface area contributed by atoms with Crippen LogP contribution < -0.4 is 26.8 Å². The number of nitrogens with one attached hydrogen (secondary N) is 3. The van der Waals surface area contributed by atoms with Crippen molar-refractivity contribution in [1.29, 1.82) is 0 Å². The van der Waals surface area contributed by atoms with Crippen LogP contribution in [-0.4, -0.2) is 40.9 Å². The molecule has 1 saturated carbocycles. The van der Waals surface area contributed by atoms with Gasteiger partial charge in [-0.1, -0.05) is 19.8 Å². The highest BCUT2D eigenvalue weighted by atomic mass is 16.2. The van der Waals surface area contributed by atoms with E-state index in [1.54, 1.807) is 0 Å². The average molecular weight is 585 g/mol. The lowest BCUT2D eigenvalue weighted by Crippen LogP contribution is -2.40. The van der Waals surface area contributed by atoms with Gasteiger partial charge in [-0.15, -0.1) is 0 Å². The number of piperidine rings is 1. The van der Waals surface area contributed by atoms with Gasteiger partial charge in [0.05, 0.1) is 0 Å². The van der Waals surface area contributed by atoms with Gasteiger partial charge in [0.25, 0.3) is 11.5 Å². The van der Waals surface area contributed by atoms with E-state index in [2.05, 4.69) is 27.4 Å². The molecule has 1 aliphatic heterocycles. The number of carbonyl (C=O) groups is 2. The Labute approximate surface area is 253 Å². The van der Waals surface area contributed by atoms with E-state index < -0.39 is 0 Å². The Balaban J connectivity index is 1.46. The number of anilines is 2. The highest BCUT2D eigenvalue weighted by Crippen LogP contribution is 2.42. The van der Waals surface area contributed by atoms with E-state index in [4.69, 9.17) is 10.7 Å². The normalized spacial score (nSPS) is 16.7. The molecule has 3 heterocycles. The first-order valence-electron chi connectivity index (χ1n) is 15.5. The highest BCUT2D eigenvalue weighted by Gasteiger charge is 2.39. The third kappa shape index (κ3) is 6.51. The van der Waals surface area contributed by atoms with Crippen molar-refractivity contribution < 1.29 is 9.59 Å². The number of amides is 2. The molecule has 2 aliphatic rings. The van der Waals surface area contributed by atoms with Crippen molar-refractivity contribution in [3.63, 3.8) is 0 Å². The molecule has 2 aromatic heterocycles. The Morgan fingerprint density at radius 1 is 1.07 bits per heavy atom. The zero-order valence-corrected chi connectivity index (χ0v) is 25.8. The second kappa shape index (κ2) is 12.7. The largest absolute Gasteiger partial charge is 0.357 e. The summed E-state index contributed by atoms with van der Waals surface area (Å²) in [5, 5.41) is 6.14. The summed E-state index contributed by atoms with van der Waals surface area (Å²) in [5.41, 5.74) is 11.0. The lowest BCUT2D eigenvalue weighted by atomic mass is 9.82. The molecule has 43 heavy (non-hydrogen) atoms. The number of pyridine rings is 2. The van der Waals surface area contributed by atoms with Gasteiger partial charge in [0.15, 0.2) is 0 Å². The van der Waals surface area contributed by atoms with Crippen molar-refractivity contribution in [2.75, 3.05) is 23.3 Å². The second-order valence-corrected chi connectivity index (χ2v) is 12.3. The summed E-state index contributed by atoms with van der Waals surface area (Å²) in [6.07, 6.45) is 8.33. The van der Waals surface area contributed by atoms with Crippen LogP contribution in [0.1, 0.15) is 84.6 Å². The van der Waals surface area contributed by atoms with E-state index in [9.17, 15) is 14.4 Å². The van der Waals surface area contributed by atoms with Gasteiger partial charge in [-0.05, 0) is 99.9 Å². The first-order valence-corrected chi connectivity index (χ1v) is 15.5. The van der Waals surface area contributed by atoms with Gasteiger partial charge in [-0.25, -0.2) is 4.98 Å². The Morgan fingerprint density at radius 3 is 2.42 bits per heavy atom. The van der Waals surface area contributed by atoms with Gasteiger partial charge >= 0.3 is 0 Å². The van der Waals surface area contributed by atoms with Gasteiger partial charge in [0, 0.05) is 65.4 Å². The maximum Gasteiger partial charge on any atom is 0.253 e. The predicted octanol–water partition coefficient (Wildman–Crippen LogP) is 5.13. The number of hydrogen-bond acceptors (Lipinski definition) is 6. The predicted molar refractivity (Wildman–Crippen MR) is 171 cm³/mol. The standard InChI is InChI=1S/C34H44N6O3/c1-5-34(12-6-7-13-34)33(43)39-29-18-25(24-8-9-30(36-19-24)40-14-10-26(35)11-15-40)17-27(23(29)4)31(41)37-20-28-21(2)16-22(3)38-32(28)42/h8-9,16-19,26H,5-7,10-15,20,35H2,1-4H3,(H,37,41)(H,38,42)(H,39,43). The number of nitrogens with two attached hydrogens (primary N) is 1. The number of H-pyrrole nitrogens is 1. The minimum absolute atomic E-state index is 0.0118. The molecule has 228 valence electrons. The molecule has 2 fully saturated rings. The fraction of sp³-hybridized carbons (Fsp3) is 0.471. The number of carbonyl (C=O) groups excluding carboxylic acids is 2. The van der Waals surface area contributed by atoms with Crippen molar-refractivity contribution >= 4 is 23.3 Å². The number of aromatic amines is 1. The van der Waals surface area contributed by atoms with Crippen LogP contribution in [0.4, 0.5) is 11.5 Å². The zero-order valence-electron chi connectivity index (χ0n) is 25.8. The topological polar surface area (TPSA) is 133 Å². The summed E-state index contributed by atoms with van der Waals surface area (Å²) in [6.45, 7) is 9.48. The third-order valence-electron chi connectivity index (χ3n) is 9.48. The van der Waals surface area contributed by atoms with Crippen molar-refractivity contribution in [2.24, 2.45) is 11.1 Å². The Kier molecular flexibility index (Phi) is 9.01. The van der Waals surface area contributed by atoms with E-state index >= 15 is 0 Å². The summed E-state index contributed by atoms with van der Waals surface area (Å²) in [5.74, 6) is 0.603. The molecule has 9 heteroatoms. The van der Waals surface area contributed by atoms with Crippen molar-refractivity contribution in [3.8, 4) is 11.1 Å². The van der Waals surface area contributed by atoms with Crippen molar-refractivity contribution in [2.45, 2.75) is 85.2 Å². The maximum atomic E-state index is 13.6. The molecule has 1 aromatic carbocycles. The molecule has 0 spiro atoms. The summed E-state index contributed by atoms with van der Waals surface area (Å²) < 4.78 is 0. The van der Waals surface area contributed by atoms with Crippen LogP contribution in [0.2, 0.25) is 0 Å². The first-order chi connectivity index (χ1) is 20.6. The quantitative estimate of drug-likeness (QED) is 0.290. The lowest BCUT2D eigenvalue weighted by Gasteiger charge is -2.31. The Bertz CT molecular complexity index is 1550. The van der Waals surface area contributed by atoms with Gasteiger partial charge < -0.3 is 26.3 Å². The van der Waals surface area contributed by atoms with E-state index in [0.29, 0.717) is 22.4 Å². The number of rotatable bonds is 8. The van der Waals surface area contributed by atoms with Crippen LogP contribution in [0, 0.1) is 26.2 Å². The molecule has 5 N–H and O–H groups in total. The van der Waals surface area contributed by atoms with Crippen LogP contribution in [0.5, 0.6) is 0 Å². The molecule has 0 bridgehead atoms. The van der Waals surface area contributed by atoms with Gasteiger partial charge in [0.1, 0.15) is 5.82 Å². The maximum absolute atomic E-state index is 13.6. The Hall–Kier alpha value is -3.98. The van der Waals surface area contributed by atoms with Crippen molar-refractivity contribution in [3.05, 3.63) is 74.8 Å². The number of aromatic nitrogens is 2. The molecular formula is C34H44N6O3. The molecule has 3 aromatic rings. The molecule has 1 saturated heterocycles. The van der Waals surface area contributed by atoms with Gasteiger partial charge in [-0.2, -0.15) is 0 Å². The van der Waals surface area contributed by atoms with Crippen LogP contribution >= 0.6 is 0 Å². The minimum atomic E-state index is -0.380. The molecular weight excluding hydrogens is 540 g/mol. The summed E-state index contributed by atoms with van der Waals surface area (Å²) in [7, 11) is 0. The van der Waals surface area contributed by atoms with Crippen molar-refractivity contribution in [1.82, 2.24) is 15.3 Å². The van der Waals surface area contributed by atoms with Gasteiger partial charge in [0.2, 0.25) is 5.91 Å². The van der Waals surface area contributed by atoms with E-state index in [-0.39, 0.29) is 35.4 Å². The number of hydrogen-bond donors (Lipinski definition) is 4. The minimum Gasteiger partial charge on any atom is -0.357 e. The fourth-order valence-electron chi connectivity index (χ4n) is 6.53. The summed E-state index contributed by atoms with van der Waals surface area (Å²) in [6, 6.07) is 9.92. The lowest BCUT2D eigenvalue weighted by molar-refractivity contribution is -0.125. The molecule has 0 unspecified atom stereocenters. The molecule has 0 radical (unpaired) electrons. The molecule has 5 rings (SSSR count). The number of benzene rings is 1. The molecule has 2 amide bonds. The van der Waals surface area contributed by atoms with Crippen LogP contribution in [-0.2, 0) is 11.3 Å². The fourth-order valence-corrected chi connectivity index (χ4v) is 6.53. The summed E-state index contributed by atoms with van der Waals surface area (Å²) >= 11 is 0. The number of nitrogens with zero attached hydrogens (tertiary/aromatic N) is 2. The van der Waals surface area contributed by atoms with E-state index in [0.717, 1.165) is 86.2 Å². The number of aryl methyl sites for hydroxylation is 2. The van der Waals surface area contributed by atoms with Crippen LogP contribution in [0.25, 0.3) is 11.1 Å². The summed E-state index contributed by atoms with van der Waals surface area (Å²) in [4.78, 5) is 49.6. The monoisotopic (exact) mass is 584 g/mol. The molecule has 0 atom stereocenters. The molecule has 1 aliphatic carbocycles. The van der Waals surface area contributed by atoms with E-state index in [1.807, 2.05) is 57.3 Å². The SMILES string of the molecule is CCC1(C(=O)Nc2cc(-c3ccc(N4CCC(N)CC4)nc3)cc(C(=O)NCc3c(C)cc(C)[nH]c3=O)c2C)CCCC1. The highest BCUT2D eigenvalue weighted by molar-refractivity contribution is 6.02. The van der Waals surface area contributed by atoms with E-state index in [1.165, 1.54) is 0 Å².